The van der Waals surface area contributed by atoms with Gasteiger partial charge in [0, 0.05) is 0 Å². The van der Waals surface area contributed by atoms with E-state index in [2.05, 4.69) is 11.1 Å². The number of nitrogens with zero attached hydrogens (tertiary/aromatic N) is 1. The lowest BCUT2D eigenvalue weighted by Gasteiger charge is -2.15. The molecule has 0 aliphatic heterocycles. The molecule has 0 heterocycles. The van der Waals surface area contributed by atoms with E-state index in [0.717, 1.165) is 0 Å². The Morgan fingerprint density at radius 3 is 2.27 bits per heavy atom. The van der Waals surface area contributed by atoms with E-state index in [-0.39, 0.29) is 0 Å². The number of hydrogen-bond acceptors (Lipinski definition) is 3. The normalized spacial score (nSPS) is 9.91. The van der Waals surface area contributed by atoms with Gasteiger partial charge in [0.2, 0.25) is 0 Å². The summed E-state index contributed by atoms with van der Waals surface area (Å²) in [4.78, 5) is 20.8. The van der Waals surface area contributed by atoms with Gasteiger partial charge in [-0.25, -0.2) is 0 Å². The minimum Gasteiger partial charge on any atom is -0.361 e. The van der Waals surface area contributed by atoms with E-state index in [1.165, 1.54) is 13.8 Å². The predicted molar refractivity (Wildman–Crippen MR) is 37.0 cm³/mol. The molecule has 0 unspecified atom stereocenters. The first-order valence-corrected chi connectivity index (χ1v) is 2.92. The molecule has 2 amide bonds. The molecule has 0 bridgehead atoms. The predicted octanol–water partition coefficient (Wildman–Crippen LogP) is -1.11. The Balaban J connectivity index is 4.19. The lowest BCUT2D eigenvalue weighted by molar-refractivity contribution is -0.138. The van der Waals surface area contributed by atoms with Crippen LogP contribution < -0.4 is 11.1 Å². The molecule has 0 spiro atoms. The molecular weight excluding hydrogens is 146 g/mol. The van der Waals surface area contributed by atoms with Crippen LogP contribution >= 0.6 is 0 Å². The first-order valence-electron chi connectivity index (χ1n) is 2.92. The zero-order chi connectivity index (χ0) is 9.07. The first kappa shape index (κ1) is 9.43. The molecule has 0 aromatic heterocycles. The summed E-state index contributed by atoms with van der Waals surface area (Å²) in [7, 11) is 0. The van der Waals surface area contributed by atoms with Gasteiger partial charge < -0.3 is 11.1 Å². The molecule has 5 heteroatoms. The standard InChI is InChI=1S/C6H9N3O2/c1-6(2,3-7)9-5(11)4(8)10/h1-2H3,(H2,8,10)(H,9,11). The number of hydrogen-bond donors (Lipinski definition) is 2. The van der Waals surface area contributed by atoms with Crippen molar-refractivity contribution in [1.29, 1.82) is 5.26 Å². The summed E-state index contributed by atoms with van der Waals surface area (Å²) in [5.74, 6) is -2.04. The molecule has 5 nitrogen and oxygen atoms in total. The SMILES string of the molecule is CC(C)(C#N)NC(=O)C(N)=O. The fourth-order valence-corrected chi connectivity index (χ4v) is 0.373. The Morgan fingerprint density at radius 1 is 1.55 bits per heavy atom. The second-order valence-electron chi connectivity index (χ2n) is 2.56. The van der Waals surface area contributed by atoms with Gasteiger partial charge in [-0.15, -0.1) is 0 Å². The number of nitrogens with one attached hydrogen (secondary N) is 1. The smallest absolute Gasteiger partial charge is 0.310 e. The Bertz CT molecular complexity index is 226. The van der Waals surface area contributed by atoms with Gasteiger partial charge in [-0.05, 0) is 13.8 Å². The molecule has 0 aliphatic carbocycles. The van der Waals surface area contributed by atoms with Gasteiger partial charge in [-0.2, -0.15) is 5.26 Å². The van der Waals surface area contributed by atoms with Crippen LogP contribution in [0.1, 0.15) is 13.8 Å². The summed E-state index contributed by atoms with van der Waals surface area (Å²) in [5, 5.41) is 10.5. The second-order valence-corrected chi connectivity index (χ2v) is 2.56. The second kappa shape index (κ2) is 3.01. The molecule has 0 aromatic carbocycles. The number of nitrogens with two attached hydrogens (primary N) is 1. The average Bonchev–Trinajstić information content (AvgIpc) is 1.87. The van der Waals surface area contributed by atoms with Crippen molar-refractivity contribution in [2.24, 2.45) is 5.73 Å². The molecule has 11 heavy (non-hydrogen) atoms. The summed E-state index contributed by atoms with van der Waals surface area (Å²) < 4.78 is 0. The molecule has 0 radical (unpaired) electrons. The summed E-state index contributed by atoms with van der Waals surface area (Å²) >= 11 is 0. The van der Waals surface area contributed by atoms with Crippen molar-refractivity contribution in [3.8, 4) is 6.07 Å². The number of primary amides is 1. The van der Waals surface area contributed by atoms with Gasteiger partial charge >= 0.3 is 11.8 Å². The van der Waals surface area contributed by atoms with Crippen LogP contribution in [0.15, 0.2) is 0 Å². The van der Waals surface area contributed by atoms with E-state index in [0.29, 0.717) is 0 Å². The maximum atomic E-state index is 10.6. The fourth-order valence-electron chi connectivity index (χ4n) is 0.373. The van der Waals surface area contributed by atoms with Gasteiger partial charge in [-0.1, -0.05) is 0 Å². The van der Waals surface area contributed by atoms with Crippen LogP contribution in [0, 0.1) is 11.3 Å². The molecule has 0 aromatic rings. The third-order valence-electron chi connectivity index (χ3n) is 0.929. The lowest BCUT2D eigenvalue weighted by Crippen LogP contribution is -2.47. The maximum absolute atomic E-state index is 10.6. The molecule has 0 saturated heterocycles. The van der Waals surface area contributed by atoms with Crippen molar-refractivity contribution in [3.63, 3.8) is 0 Å². The van der Waals surface area contributed by atoms with Crippen molar-refractivity contribution >= 4 is 11.8 Å². The van der Waals surface area contributed by atoms with Gasteiger partial charge in [-0.3, -0.25) is 9.59 Å². The van der Waals surface area contributed by atoms with E-state index in [1.807, 2.05) is 0 Å². The number of rotatable bonds is 1. The Hall–Kier alpha value is -1.57. The molecule has 3 N–H and O–H groups in total. The number of carbonyl (C=O) groups is 2. The zero-order valence-corrected chi connectivity index (χ0v) is 6.34. The molecule has 0 rings (SSSR count). The fraction of sp³-hybridized carbons (Fsp3) is 0.500. The minimum absolute atomic E-state index is 0.948. The van der Waals surface area contributed by atoms with Crippen LogP contribution in [0.5, 0.6) is 0 Å². The topological polar surface area (TPSA) is 96.0 Å². The Morgan fingerprint density at radius 2 is 2.00 bits per heavy atom. The van der Waals surface area contributed by atoms with Gasteiger partial charge in [0.25, 0.3) is 0 Å². The first-order chi connectivity index (χ1) is 4.89. The highest BCUT2D eigenvalue weighted by Gasteiger charge is 2.21. The molecule has 0 atom stereocenters. The Labute approximate surface area is 64.2 Å². The zero-order valence-electron chi connectivity index (χ0n) is 6.34. The van der Waals surface area contributed by atoms with Crippen LogP contribution in [0.25, 0.3) is 0 Å². The molecule has 60 valence electrons. The quantitative estimate of drug-likeness (QED) is 0.470. The van der Waals surface area contributed by atoms with Crippen LogP contribution in [-0.2, 0) is 9.59 Å². The van der Waals surface area contributed by atoms with Crippen molar-refractivity contribution in [1.82, 2.24) is 5.32 Å². The van der Waals surface area contributed by atoms with Crippen LogP contribution in [-0.4, -0.2) is 17.4 Å². The molecule has 0 saturated carbocycles. The number of carbonyl (C=O) groups excluding carboxylic acids is 2. The molecule has 0 aliphatic rings. The summed E-state index contributed by atoms with van der Waals surface area (Å²) in [6.07, 6.45) is 0. The number of amides is 2. The van der Waals surface area contributed by atoms with Gasteiger partial charge in [0.1, 0.15) is 5.54 Å². The summed E-state index contributed by atoms with van der Waals surface area (Å²) in [6.45, 7) is 2.93. The highest BCUT2D eigenvalue weighted by Crippen LogP contribution is 1.97. The largest absolute Gasteiger partial charge is 0.361 e. The monoisotopic (exact) mass is 155 g/mol. The minimum atomic E-state index is -1.09. The third-order valence-corrected chi connectivity index (χ3v) is 0.929. The molecule has 0 fully saturated rings. The lowest BCUT2D eigenvalue weighted by atomic mass is 10.1. The number of nitriles is 1. The van der Waals surface area contributed by atoms with Crippen LogP contribution in [0.3, 0.4) is 0 Å². The highest BCUT2D eigenvalue weighted by atomic mass is 16.2. The van der Waals surface area contributed by atoms with E-state index >= 15 is 0 Å². The van der Waals surface area contributed by atoms with E-state index < -0.39 is 17.4 Å². The van der Waals surface area contributed by atoms with Crippen LogP contribution in [0.4, 0.5) is 0 Å². The summed E-state index contributed by atoms with van der Waals surface area (Å²) in [6, 6.07) is 1.79. The van der Waals surface area contributed by atoms with Crippen molar-refractivity contribution in [2.45, 2.75) is 19.4 Å². The Kier molecular flexibility index (Phi) is 2.58. The summed E-state index contributed by atoms with van der Waals surface area (Å²) in [5.41, 5.74) is 3.59. The van der Waals surface area contributed by atoms with Crippen molar-refractivity contribution in [2.75, 3.05) is 0 Å². The average molecular weight is 155 g/mol. The maximum Gasteiger partial charge on any atom is 0.310 e. The van der Waals surface area contributed by atoms with E-state index in [4.69, 9.17) is 5.26 Å². The van der Waals surface area contributed by atoms with Crippen LogP contribution in [0.2, 0.25) is 0 Å². The van der Waals surface area contributed by atoms with Gasteiger partial charge in [0.05, 0.1) is 6.07 Å². The third kappa shape index (κ3) is 3.20. The van der Waals surface area contributed by atoms with Gasteiger partial charge in [0.15, 0.2) is 0 Å². The van der Waals surface area contributed by atoms with E-state index in [1.54, 1.807) is 6.07 Å². The van der Waals surface area contributed by atoms with E-state index in [9.17, 15) is 9.59 Å². The highest BCUT2D eigenvalue weighted by molar-refractivity contribution is 6.34. The van der Waals surface area contributed by atoms with Crippen molar-refractivity contribution in [3.05, 3.63) is 0 Å². The van der Waals surface area contributed by atoms with Crippen molar-refractivity contribution < 1.29 is 9.59 Å². The molecular formula is C6H9N3O2.